The van der Waals surface area contributed by atoms with E-state index in [4.69, 9.17) is 18.9 Å². The maximum Gasteiger partial charge on any atom is 0.317 e. The number of ether oxygens (including phenoxy) is 4. The Morgan fingerprint density at radius 1 is 1.07 bits per heavy atom. The van der Waals surface area contributed by atoms with Crippen molar-refractivity contribution in [3.05, 3.63) is 0 Å². The van der Waals surface area contributed by atoms with Gasteiger partial charge in [0.1, 0.15) is 28.1 Å². The second-order valence-electron chi connectivity index (χ2n) is 10.2. The summed E-state index contributed by atoms with van der Waals surface area (Å²) in [5.41, 5.74) is -5.53. The minimum Gasteiger partial charge on any atom is -0.461 e. The van der Waals surface area contributed by atoms with E-state index in [9.17, 15) is 14.4 Å². The molecule has 27 heavy (non-hydrogen) atoms. The lowest BCUT2D eigenvalue weighted by atomic mass is 9.38. The fraction of sp³-hybridized carbons (Fsp3) is 0.850. The normalized spacial score (nSPS) is 63.4. The highest BCUT2D eigenvalue weighted by molar-refractivity contribution is 6.00. The summed E-state index contributed by atoms with van der Waals surface area (Å²) in [6.45, 7) is 9.51. The van der Waals surface area contributed by atoms with Crippen molar-refractivity contribution in [3.63, 3.8) is 0 Å². The highest BCUT2D eigenvalue weighted by Gasteiger charge is 3.07. The van der Waals surface area contributed by atoms with Crippen molar-refractivity contribution in [1.29, 1.82) is 0 Å². The second kappa shape index (κ2) is 3.78. The van der Waals surface area contributed by atoms with Crippen molar-refractivity contribution in [2.75, 3.05) is 0 Å². The Morgan fingerprint density at radius 2 is 1.74 bits per heavy atom. The van der Waals surface area contributed by atoms with Crippen LogP contribution >= 0.6 is 0 Å². The molecular weight excluding hydrogens is 352 g/mol. The standard InChI is InChI=1S/C20H24O7/c1-6-10(21)25-11-12-17(4)19(13(22)26-12)15(2)7-9-16(3,8-15)20(19,14(23)24-9)18(11,5)27-17/h9,11-12H,6-8H2,1-5H3. The third kappa shape index (κ3) is 1.04. The van der Waals surface area contributed by atoms with Crippen LogP contribution in [-0.2, 0) is 33.3 Å². The van der Waals surface area contributed by atoms with E-state index in [1.54, 1.807) is 6.92 Å². The monoisotopic (exact) mass is 376 g/mol. The summed E-state index contributed by atoms with van der Waals surface area (Å²) >= 11 is 0. The van der Waals surface area contributed by atoms with Crippen LogP contribution in [0.25, 0.3) is 0 Å². The van der Waals surface area contributed by atoms with Crippen molar-refractivity contribution in [1.82, 2.24) is 0 Å². The average molecular weight is 376 g/mol. The molecule has 2 aliphatic carbocycles. The fourth-order valence-corrected chi connectivity index (χ4v) is 9.15. The van der Waals surface area contributed by atoms with E-state index in [-0.39, 0.29) is 12.5 Å². The molecule has 0 aromatic carbocycles. The molecule has 7 heteroatoms. The van der Waals surface area contributed by atoms with Crippen molar-refractivity contribution in [2.24, 2.45) is 21.7 Å². The van der Waals surface area contributed by atoms with Crippen LogP contribution in [0.15, 0.2) is 0 Å². The van der Waals surface area contributed by atoms with E-state index >= 15 is 0 Å². The van der Waals surface area contributed by atoms with Gasteiger partial charge >= 0.3 is 17.9 Å². The maximum atomic E-state index is 13.6. The van der Waals surface area contributed by atoms with E-state index in [1.165, 1.54) is 0 Å². The van der Waals surface area contributed by atoms with Crippen molar-refractivity contribution in [3.8, 4) is 0 Å². The van der Waals surface area contributed by atoms with Crippen LogP contribution in [0.4, 0.5) is 0 Å². The Morgan fingerprint density at radius 3 is 2.41 bits per heavy atom. The van der Waals surface area contributed by atoms with Crippen LogP contribution in [0.3, 0.4) is 0 Å². The van der Waals surface area contributed by atoms with E-state index in [1.807, 2.05) is 20.8 Å². The second-order valence-corrected chi connectivity index (χ2v) is 10.2. The number of esters is 3. The predicted molar refractivity (Wildman–Crippen MR) is 88.1 cm³/mol. The molecule has 0 N–H and O–H groups in total. The number of carbonyl (C=O) groups is 3. The van der Waals surface area contributed by atoms with Gasteiger partial charge in [-0.1, -0.05) is 20.8 Å². The molecule has 0 aromatic rings. The first kappa shape index (κ1) is 16.3. The highest BCUT2D eigenvalue weighted by atomic mass is 16.7. The topological polar surface area (TPSA) is 88.1 Å². The van der Waals surface area contributed by atoms with E-state index in [2.05, 4.69) is 6.92 Å². The third-order valence-electron chi connectivity index (χ3n) is 9.35. The van der Waals surface area contributed by atoms with Gasteiger partial charge in [-0.2, -0.15) is 0 Å². The van der Waals surface area contributed by atoms with Gasteiger partial charge in [0.25, 0.3) is 0 Å². The van der Waals surface area contributed by atoms with E-state index < -0.39 is 63.0 Å². The zero-order valence-electron chi connectivity index (χ0n) is 16.2. The Bertz CT molecular complexity index is 866. The molecule has 4 bridgehead atoms. The molecule has 7 nitrogen and oxygen atoms in total. The molecule has 0 aromatic heterocycles. The minimum atomic E-state index is -1.21. The van der Waals surface area contributed by atoms with Gasteiger partial charge in [0.2, 0.25) is 0 Å². The summed E-state index contributed by atoms with van der Waals surface area (Å²) in [7, 11) is 0. The van der Waals surface area contributed by atoms with Crippen molar-refractivity contribution in [2.45, 2.75) is 83.4 Å². The molecule has 0 radical (unpaired) electrons. The van der Waals surface area contributed by atoms with Gasteiger partial charge in [0.05, 0.1) is 0 Å². The van der Waals surface area contributed by atoms with E-state index in [0.29, 0.717) is 12.8 Å². The zero-order chi connectivity index (χ0) is 19.4. The average Bonchev–Trinajstić information content (AvgIpc) is 3.18. The summed E-state index contributed by atoms with van der Waals surface area (Å²) in [5, 5.41) is 0. The Hall–Kier alpha value is -1.63. The molecule has 2 saturated carbocycles. The Balaban J connectivity index is 1.71. The quantitative estimate of drug-likeness (QED) is 0.533. The van der Waals surface area contributed by atoms with Crippen LogP contribution in [0, 0.1) is 21.7 Å². The Kier molecular flexibility index (Phi) is 2.28. The third-order valence-corrected chi connectivity index (χ3v) is 9.35. The lowest BCUT2D eigenvalue weighted by molar-refractivity contribution is -0.189. The first-order valence-electron chi connectivity index (χ1n) is 9.82. The molecule has 0 amide bonds. The number of hydrogen-bond acceptors (Lipinski definition) is 7. The summed E-state index contributed by atoms with van der Waals surface area (Å²) in [4.78, 5) is 39.3. The molecule has 2 spiro atoms. The van der Waals surface area contributed by atoms with Gasteiger partial charge in [-0.25, -0.2) is 0 Å². The fourth-order valence-electron chi connectivity index (χ4n) is 9.15. The first-order chi connectivity index (χ1) is 12.5. The van der Waals surface area contributed by atoms with Gasteiger partial charge in [0.15, 0.2) is 12.2 Å². The van der Waals surface area contributed by atoms with Crippen LogP contribution in [0.1, 0.15) is 53.9 Å². The highest BCUT2D eigenvalue weighted by Crippen LogP contribution is 2.94. The Labute approximate surface area is 157 Å². The maximum absolute atomic E-state index is 13.6. The van der Waals surface area contributed by atoms with Crippen molar-refractivity contribution < 1.29 is 33.3 Å². The zero-order valence-corrected chi connectivity index (χ0v) is 16.2. The molecule has 4 heterocycles. The van der Waals surface area contributed by atoms with Crippen LogP contribution in [-0.4, -0.2) is 47.4 Å². The molecule has 6 aliphatic rings. The number of carbonyl (C=O) groups excluding carboxylic acids is 3. The summed E-state index contributed by atoms with van der Waals surface area (Å²) in [6, 6.07) is 0. The van der Waals surface area contributed by atoms with Crippen molar-refractivity contribution >= 4 is 17.9 Å². The summed E-state index contributed by atoms with van der Waals surface area (Å²) in [5.74, 6) is -1.18. The summed E-state index contributed by atoms with van der Waals surface area (Å²) < 4.78 is 24.1. The smallest absolute Gasteiger partial charge is 0.317 e. The first-order valence-corrected chi connectivity index (χ1v) is 9.82. The summed E-state index contributed by atoms with van der Waals surface area (Å²) in [6.07, 6.45) is -0.250. The lowest BCUT2D eigenvalue weighted by Crippen LogP contribution is -2.73. The number of rotatable bonds is 2. The van der Waals surface area contributed by atoms with Gasteiger partial charge in [-0.15, -0.1) is 0 Å². The lowest BCUT2D eigenvalue weighted by Gasteiger charge is -2.55. The number of fused-ring (bicyclic) bond motifs is 2. The molecule has 9 atom stereocenters. The van der Waals surface area contributed by atoms with Gasteiger partial charge in [-0.05, 0) is 32.1 Å². The molecule has 6 fully saturated rings. The molecule has 146 valence electrons. The molecule has 9 unspecified atom stereocenters. The van der Waals surface area contributed by atoms with Crippen LogP contribution in [0.5, 0.6) is 0 Å². The number of hydrogen-bond donors (Lipinski definition) is 0. The van der Waals surface area contributed by atoms with Gasteiger partial charge in [-0.3, -0.25) is 14.4 Å². The van der Waals surface area contributed by atoms with Gasteiger partial charge in [0, 0.05) is 11.8 Å². The van der Waals surface area contributed by atoms with Crippen LogP contribution < -0.4 is 0 Å². The molecule has 4 saturated heterocycles. The SMILES string of the molecule is CCC(=O)OC1C2OC(=O)C34C5(C)CC6OC(=O)C3(C6(C)C5)C1(C)OC24C. The molecule has 4 aliphatic heterocycles. The van der Waals surface area contributed by atoms with Crippen LogP contribution in [0.2, 0.25) is 0 Å². The predicted octanol–water partition coefficient (Wildman–Crippen LogP) is 1.51. The minimum absolute atomic E-state index is 0.199. The van der Waals surface area contributed by atoms with E-state index in [0.717, 1.165) is 0 Å². The van der Waals surface area contributed by atoms with Gasteiger partial charge < -0.3 is 18.9 Å². The molecule has 6 rings (SSSR count). The largest absolute Gasteiger partial charge is 0.461 e. The molecular formula is C20H24O7.